The highest BCUT2D eigenvalue weighted by Crippen LogP contribution is 2.16. The first-order valence-corrected chi connectivity index (χ1v) is 6.80. The molecule has 1 unspecified atom stereocenters. The van der Waals surface area contributed by atoms with Gasteiger partial charge >= 0.3 is 0 Å². The third-order valence-corrected chi connectivity index (χ3v) is 3.83. The van der Waals surface area contributed by atoms with Gasteiger partial charge in [-0.3, -0.25) is 0 Å². The fourth-order valence-electron chi connectivity index (χ4n) is 1.41. The smallest absolute Gasteiger partial charge is 0.109 e. The van der Waals surface area contributed by atoms with Crippen molar-refractivity contribution in [3.05, 3.63) is 50.9 Å². The van der Waals surface area contributed by atoms with Crippen LogP contribution in [0, 0.1) is 0 Å². The minimum Gasteiger partial charge on any atom is -0.304 e. The zero-order valence-electron chi connectivity index (χ0n) is 8.98. The molecule has 0 spiro atoms. The van der Waals surface area contributed by atoms with E-state index in [4.69, 9.17) is 0 Å². The lowest BCUT2D eigenvalue weighted by molar-refractivity contribution is 0.572. The SMILES string of the molecule is CC(NCc1ccc(Br)cc1)c1nccs1. The van der Waals surface area contributed by atoms with Crippen LogP contribution in [-0.2, 0) is 6.54 Å². The molecule has 1 atom stereocenters. The molecule has 0 aliphatic rings. The normalized spacial score (nSPS) is 12.6. The minimum absolute atomic E-state index is 0.309. The van der Waals surface area contributed by atoms with Crippen LogP contribution in [0.25, 0.3) is 0 Å². The summed E-state index contributed by atoms with van der Waals surface area (Å²) in [6.45, 7) is 3.01. The van der Waals surface area contributed by atoms with E-state index in [1.165, 1.54) is 5.56 Å². The average Bonchev–Trinajstić information content (AvgIpc) is 2.81. The summed E-state index contributed by atoms with van der Waals surface area (Å²) in [5.74, 6) is 0. The summed E-state index contributed by atoms with van der Waals surface area (Å²) in [6, 6.07) is 8.66. The van der Waals surface area contributed by atoms with Crippen LogP contribution in [0.4, 0.5) is 0 Å². The lowest BCUT2D eigenvalue weighted by Gasteiger charge is -2.10. The summed E-state index contributed by atoms with van der Waals surface area (Å²) >= 11 is 5.12. The van der Waals surface area contributed by atoms with Crippen LogP contribution in [0.5, 0.6) is 0 Å². The van der Waals surface area contributed by atoms with Crippen molar-refractivity contribution in [1.29, 1.82) is 0 Å². The van der Waals surface area contributed by atoms with Gasteiger partial charge in [-0.25, -0.2) is 4.98 Å². The van der Waals surface area contributed by atoms with Gasteiger partial charge < -0.3 is 5.32 Å². The Balaban J connectivity index is 1.90. The Morgan fingerprint density at radius 3 is 2.75 bits per heavy atom. The molecule has 84 valence electrons. The second kappa shape index (κ2) is 5.57. The summed E-state index contributed by atoms with van der Waals surface area (Å²) in [4.78, 5) is 4.29. The Labute approximate surface area is 108 Å². The van der Waals surface area contributed by atoms with Gasteiger partial charge in [0, 0.05) is 22.6 Å². The number of aromatic nitrogens is 1. The van der Waals surface area contributed by atoms with Crippen LogP contribution < -0.4 is 5.32 Å². The molecule has 4 heteroatoms. The summed E-state index contributed by atoms with van der Waals surface area (Å²) in [6.07, 6.45) is 1.85. The van der Waals surface area contributed by atoms with Gasteiger partial charge in [0.25, 0.3) is 0 Å². The van der Waals surface area contributed by atoms with Gasteiger partial charge in [0.05, 0.1) is 6.04 Å². The summed E-state index contributed by atoms with van der Waals surface area (Å²) in [7, 11) is 0. The highest BCUT2D eigenvalue weighted by atomic mass is 79.9. The molecule has 0 aliphatic carbocycles. The molecular formula is C12H13BrN2S. The molecule has 1 heterocycles. The number of nitrogens with zero attached hydrogens (tertiary/aromatic N) is 1. The van der Waals surface area contributed by atoms with Crippen LogP contribution in [0.2, 0.25) is 0 Å². The maximum atomic E-state index is 4.29. The summed E-state index contributed by atoms with van der Waals surface area (Å²) in [5.41, 5.74) is 1.28. The van der Waals surface area contributed by atoms with Crippen molar-refractivity contribution < 1.29 is 0 Å². The Morgan fingerprint density at radius 2 is 2.12 bits per heavy atom. The Bertz CT molecular complexity index is 425. The van der Waals surface area contributed by atoms with Crippen molar-refractivity contribution in [3.63, 3.8) is 0 Å². The van der Waals surface area contributed by atoms with E-state index in [1.807, 2.05) is 11.6 Å². The standard InChI is InChI=1S/C12H13BrN2S/c1-9(12-14-6-7-16-12)15-8-10-2-4-11(13)5-3-10/h2-7,9,15H,8H2,1H3. The number of rotatable bonds is 4. The van der Waals surface area contributed by atoms with Crippen molar-refractivity contribution >= 4 is 27.3 Å². The largest absolute Gasteiger partial charge is 0.304 e. The van der Waals surface area contributed by atoms with Crippen molar-refractivity contribution in [2.75, 3.05) is 0 Å². The van der Waals surface area contributed by atoms with E-state index in [2.05, 4.69) is 57.4 Å². The first kappa shape index (κ1) is 11.8. The molecule has 2 nitrogen and oxygen atoms in total. The fraction of sp³-hybridized carbons (Fsp3) is 0.250. The molecule has 0 saturated carbocycles. The zero-order valence-corrected chi connectivity index (χ0v) is 11.4. The van der Waals surface area contributed by atoms with Gasteiger partial charge in [-0.1, -0.05) is 28.1 Å². The topological polar surface area (TPSA) is 24.9 Å². The molecule has 1 N–H and O–H groups in total. The predicted molar refractivity (Wildman–Crippen MR) is 71.5 cm³/mol. The fourth-order valence-corrected chi connectivity index (χ4v) is 2.34. The van der Waals surface area contributed by atoms with E-state index >= 15 is 0 Å². The molecule has 2 rings (SSSR count). The summed E-state index contributed by atoms with van der Waals surface area (Å²) in [5, 5.41) is 6.60. The molecule has 0 bridgehead atoms. The van der Waals surface area contributed by atoms with E-state index in [9.17, 15) is 0 Å². The van der Waals surface area contributed by atoms with Gasteiger partial charge in [-0.15, -0.1) is 11.3 Å². The highest BCUT2D eigenvalue weighted by Gasteiger charge is 2.06. The number of benzene rings is 1. The monoisotopic (exact) mass is 296 g/mol. The van der Waals surface area contributed by atoms with E-state index in [0.717, 1.165) is 16.0 Å². The molecule has 1 aromatic carbocycles. The molecule has 16 heavy (non-hydrogen) atoms. The van der Waals surface area contributed by atoms with E-state index in [1.54, 1.807) is 11.3 Å². The molecule has 1 aromatic heterocycles. The average molecular weight is 297 g/mol. The van der Waals surface area contributed by atoms with Crippen LogP contribution >= 0.6 is 27.3 Å². The van der Waals surface area contributed by atoms with Crippen molar-refractivity contribution in [3.8, 4) is 0 Å². The van der Waals surface area contributed by atoms with Gasteiger partial charge in [0.1, 0.15) is 5.01 Å². The van der Waals surface area contributed by atoms with Gasteiger partial charge in [0.15, 0.2) is 0 Å². The molecular weight excluding hydrogens is 284 g/mol. The Kier molecular flexibility index (Phi) is 4.09. The number of nitrogens with one attached hydrogen (secondary N) is 1. The quantitative estimate of drug-likeness (QED) is 0.929. The zero-order chi connectivity index (χ0) is 11.4. The molecule has 0 fully saturated rings. The van der Waals surface area contributed by atoms with Crippen molar-refractivity contribution in [2.24, 2.45) is 0 Å². The second-order valence-electron chi connectivity index (χ2n) is 3.60. The first-order valence-electron chi connectivity index (χ1n) is 5.13. The predicted octanol–water partition coefficient (Wildman–Crippen LogP) is 3.76. The van der Waals surface area contributed by atoms with Crippen molar-refractivity contribution in [1.82, 2.24) is 10.3 Å². The molecule has 0 amide bonds. The Morgan fingerprint density at radius 1 is 1.38 bits per heavy atom. The maximum Gasteiger partial charge on any atom is 0.109 e. The highest BCUT2D eigenvalue weighted by molar-refractivity contribution is 9.10. The lowest BCUT2D eigenvalue weighted by Crippen LogP contribution is -2.17. The van der Waals surface area contributed by atoms with Crippen LogP contribution in [0.1, 0.15) is 23.5 Å². The van der Waals surface area contributed by atoms with Crippen molar-refractivity contribution in [2.45, 2.75) is 19.5 Å². The number of hydrogen-bond donors (Lipinski definition) is 1. The van der Waals surface area contributed by atoms with E-state index in [-0.39, 0.29) is 0 Å². The third kappa shape index (κ3) is 3.14. The number of halogens is 1. The molecule has 0 aliphatic heterocycles. The van der Waals surface area contributed by atoms with E-state index in [0.29, 0.717) is 6.04 Å². The van der Waals surface area contributed by atoms with Crippen LogP contribution in [0.15, 0.2) is 40.3 Å². The number of hydrogen-bond acceptors (Lipinski definition) is 3. The minimum atomic E-state index is 0.309. The first-order chi connectivity index (χ1) is 7.75. The summed E-state index contributed by atoms with van der Waals surface area (Å²) < 4.78 is 1.12. The molecule has 0 radical (unpaired) electrons. The van der Waals surface area contributed by atoms with Crippen LogP contribution in [0.3, 0.4) is 0 Å². The second-order valence-corrected chi connectivity index (χ2v) is 5.44. The Hall–Kier alpha value is -0.710. The van der Waals surface area contributed by atoms with Gasteiger partial charge in [0.2, 0.25) is 0 Å². The maximum absolute atomic E-state index is 4.29. The van der Waals surface area contributed by atoms with Crippen LogP contribution in [-0.4, -0.2) is 4.98 Å². The molecule has 2 aromatic rings. The van der Waals surface area contributed by atoms with E-state index < -0.39 is 0 Å². The van der Waals surface area contributed by atoms with Gasteiger partial charge in [-0.2, -0.15) is 0 Å². The number of thiazole rings is 1. The third-order valence-electron chi connectivity index (χ3n) is 2.35. The lowest BCUT2D eigenvalue weighted by atomic mass is 10.2. The van der Waals surface area contributed by atoms with Gasteiger partial charge in [-0.05, 0) is 24.6 Å². The molecule has 0 saturated heterocycles.